The van der Waals surface area contributed by atoms with Crippen LogP contribution in [0.3, 0.4) is 0 Å². The van der Waals surface area contributed by atoms with Crippen LogP contribution in [-0.4, -0.2) is 25.7 Å². The number of hydrogen-bond acceptors (Lipinski definition) is 5. The first-order chi connectivity index (χ1) is 11.7. The van der Waals surface area contributed by atoms with Gasteiger partial charge >= 0.3 is 0 Å². The van der Waals surface area contributed by atoms with Crippen LogP contribution in [0, 0.1) is 5.92 Å². The number of furan rings is 1. The number of anilines is 1. The molecular formula is C18H23ClN2O4. The summed E-state index contributed by atoms with van der Waals surface area (Å²) >= 11 is 0. The van der Waals surface area contributed by atoms with Gasteiger partial charge in [-0.1, -0.05) is 0 Å². The zero-order valence-electron chi connectivity index (χ0n) is 13.9. The van der Waals surface area contributed by atoms with Gasteiger partial charge in [0.2, 0.25) is 0 Å². The molecule has 0 unspecified atom stereocenters. The number of carbonyl (C=O) groups excluding carboxylic acids is 1. The summed E-state index contributed by atoms with van der Waals surface area (Å²) in [5, 5.41) is 2.82. The Morgan fingerprint density at radius 1 is 1.24 bits per heavy atom. The van der Waals surface area contributed by atoms with Gasteiger partial charge in [0.25, 0.3) is 5.91 Å². The van der Waals surface area contributed by atoms with Gasteiger partial charge in [-0.05, 0) is 49.1 Å². The minimum atomic E-state index is -0.227. The van der Waals surface area contributed by atoms with Crippen molar-refractivity contribution in [3.05, 3.63) is 47.9 Å². The zero-order chi connectivity index (χ0) is 16.8. The van der Waals surface area contributed by atoms with E-state index < -0.39 is 0 Å². The van der Waals surface area contributed by atoms with Crippen molar-refractivity contribution in [2.45, 2.75) is 19.4 Å². The number of benzene rings is 1. The predicted molar refractivity (Wildman–Crippen MR) is 97.3 cm³/mol. The third kappa shape index (κ3) is 5.49. The highest BCUT2D eigenvalue weighted by atomic mass is 35.5. The van der Waals surface area contributed by atoms with Gasteiger partial charge in [0.15, 0.2) is 0 Å². The average Bonchev–Trinajstić information content (AvgIpc) is 3.11. The van der Waals surface area contributed by atoms with Gasteiger partial charge in [0.1, 0.15) is 17.8 Å². The van der Waals surface area contributed by atoms with E-state index in [0.717, 1.165) is 31.8 Å². The first kappa shape index (κ1) is 19.3. The van der Waals surface area contributed by atoms with Gasteiger partial charge in [-0.3, -0.25) is 4.79 Å². The standard InChI is InChI=1S/C18H22N2O4.ClH/c19-10-17-9-14(12-24-17)18(21)20-15-1-3-16(4-2-15)23-11-13-5-7-22-8-6-13;/h1-4,9,12-13H,5-8,10-11,19H2,(H,20,21);1H. The van der Waals surface area contributed by atoms with Crippen LogP contribution >= 0.6 is 12.4 Å². The van der Waals surface area contributed by atoms with Crippen molar-refractivity contribution >= 4 is 24.0 Å². The molecule has 1 saturated heterocycles. The number of amides is 1. The Morgan fingerprint density at radius 2 is 1.96 bits per heavy atom. The van der Waals surface area contributed by atoms with E-state index in [1.807, 2.05) is 24.3 Å². The minimum absolute atomic E-state index is 0. The number of hydrogen-bond donors (Lipinski definition) is 2. The fraction of sp³-hybridized carbons (Fsp3) is 0.389. The predicted octanol–water partition coefficient (Wildman–Crippen LogP) is 3.22. The van der Waals surface area contributed by atoms with Crippen LogP contribution in [-0.2, 0) is 11.3 Å². The molecule has 3 N–H and O–H groups in total. The second-order valence-electron chi connectivity index (χ2n) is 5.85. The van der Waals surface area contributed by atoms with Crippen LogP contribution < -0.4 is 15.8 Å². The molecule has 1 amide bonds. The number of ether oxygens (including phenoxy) is 2. The van der Waals surface area contributed by atoms with Gasteiger partial charge < -0.3 is 24.9 Å². The summed E-state index contributed by atoms with van der Waals surface area (Å²) in [6.45, 7) is 2.61. The summed E-state index contributed by atoms with van der Waals surface area (Å²) in [6, 6.07) is 8.99. The molecule has 1 aliphatic heterocycles. The van der Waals surface area contributed by atoms with Crippen molar-refractivity contribution in [1.29, 1.82) is 0 Å². The molecule has 1 aromatic carbocycles. The molecule has 136 valence electrons. The van der Waals surface area contributed by atoms with Gasteiger partial charge in [0.05, 0.1) is 18.7 Å². The van der Waals surface area contributed by atoms with Gasteiger partial charge in [-0.15, -0.1) is 12.4 Å². The smallest absolute Gasteiger partial charge is 0.258 e. The highest BCUT2D eigenvalue weighted by Gasteiger charge is 2.14. The van der Waals surface area contributed by atoms with Crippen LogP contribution in [0.2, 0.25) is 0 Å². The van der Waals surface area contributed by atoms with E-state index in [2.05, 4.69) is 5.32 Å². The largest absolute Gasteiger partial charge is 0.493 e. The van der Waals surface area contributed by atoms with Crippen molar-refractivity contribution < 1.29 is 18.7 Å². The molecule has 0 saturated carbocycles. The third-order valence-corrected chi connectivity index (χ3v) is 4.06. The lowest BCUT2D eigenvalue weighted by molar-refractivity contribution is 0.0497. The second kappa shape index (κ2) is 9.46. The van der Waals surface area contributed by atoms with Crippen molar-refractivity contribution in [2.24, 2.45) is 11.7 Å². The number of nitrogens with one attached hydrogen (secondary N) is 1. The van der Waals surface area contributed by atoms with E-state index in [-0.39, 0.29) is 24.9 Å². The topological polar surface area (TPSA) is 86.7 Å². The maximum Gasteiger partial charge on any atom is 0.258 e. The Bertz CT molecular complexity index is 666. The maximum absolute atomic E-state index is 12.1. The van der Waals surface area contributed by atoms with Crippen molar-refractivity contribution in [2.75, 3.05) is 25.1 Å². The van der Waals surface area contributed by atoms with E-state index in [1.54, 1.807) is 6.07 Å². The Labute approximate surface area is 153 Å². The molecule has 0 spiro atoms. The van der Waals surface area contributed by atoms with E-state index in [0.29, 0.717) is 29.5 Å². The van der Waals surface area contributed by atoms with Gasteiger partial charge in [-0.25, -0.2) is 0 Å². The van der Waals surface area contributed by atoms with Crippen molar-refractivity contribution in [3.8, 4) is 5.75 Å². The average molecular weight is 367 g/mol. The molecule has 6 nitrogen and oxygen atoms in total. The Balaban J connectivity index is 0.00000225. The third-order valence-electron chi connectivity index (χ3n) is 4.06. The molecule has 3 rings (SSSR count). The molecule has 0 atom stereocenters. The molecule has 1 aromatic heterocycles. The van der Waals surface area contributed by atoms with Crippen molar-refractivity contribution in [1.82, 2.24) is 0 Å². The summed E-state index contributed by atoms with van der Waals surface area (Å²) in [6.07, 6.45) is 3.50. The summed E-state index contributed by atoms with van der Waals surface area (Å²) in [7, 11) is 0. The summed E-state index contributed by atoms with van der Waals surface area (Å²) in [5.74, 6) is 1.70. The van der Waals surface area contributed by atoms with Crippen LogP contribution in [0.1, 0.15) is 29.0 Å². The van der Waals surface area contributed by atoms with E-state index in [4.69, 9.17) is 19.6 Å². The molecule has 1 fully saturated rings. The van der Waals surface area contributed by atoms with Crippen LogP contribution in [0.5, 0.6) is 5.75 Å². The normalized spacial score (nSPS) is 14.6. The summed E-state index contributed by atoms with van der Waals surface area (Å²) in [5.41, 5.74) is 6.63. The van der Waals surface area contributed by atoms with Crippen LogP contribution in [0.15, 0.2) is 41.0 Å². The quantitative estimate of drug-likeness (QED) is 0.819. The zero-order valence-corrected chi connectivity index (χ0v) is 14.7. The molecular weight excluding hydrogens is 344 g/mol. The maximum atomic E-state index is 12.1. The first-order valence-electron chi connectivity index (χ1n) is 8.14. The summed E-state index contributed by atoms with van der Waals surface area (Å²) < 4.78 is 16.3. The Hall–Kier alpha value is -2.02. The summed E-state index contributed by atoms with van der Waals surface area (Å²) in [4.78, 5) is 12.1. The lowest BCUT2D eigenvalue weighted by atomic mass is 10.0. The SMILES string of the molecule is Cl.NCc1cc(C(=O)Nc2ccc(OCC3CCOCC3)cc2)co1. The van der Waals surface area contributed by atoms with Gasteiger partial charge in [0, 0.05) is 18.9 Å². The highest BCUT2D eigenvalue weighted by molar-refractivity contribution is 6.04. The number of carbonyl (C=O) groups is 1. The molecule has 0 bridgehead atoms. The van der Waals surface area contributed by atoms with E-state index in [1.165, 1.54) is 6.26 Å². The molecule has 0 aliphatic carbocycles. The lowest BCUT2D eigenvalue weighted by Crippen LogP contribution is -2.21. The minimum Gasteiger partial charge on any atom is -0.493 e. The molecule has 1 aliphatic rings. The molecule has 2 aromatic rings. The monoisotopic (exact) mass is 366 g/mol. The fourth-order valence-corrected chi connectivity index (χ4v) is 2.57. The second-order valence-corrected chi connectivity index (χ2v) is 5.85. The van der Waals surface area contributed by atoms with Crippen LogP contribution in [0.4, 0.5) is 5.69 Å². The highest BCUT2D eigenvalue weighted by Crippen LogP contribution is 2.20. The fourth-order valence-electron chi connectivity index (χ4n) is 2.57. The molecule has 25 heavy (non-hydrogen) atoms. The van der Waals surface area contributed by atoms with Crippen molar-refractivity contribution in [3.63, 3.8) is 0 Å². The molecule has 0 radical (unpaired) electrons. The van der Waals surface area contributed by atoms with E-state index in [9.17, 15) is 4.79 Å². The lowest BCUT2D eigenvalue weighted by Gasteiger charge is -2.22. The Kier molecular flexibility index (Phi) is 7.31. The number of rotatable bonds is 6. The molecule has 7 heteroatoms. The van der Waals surface area contributed by atoms with Crippen LogP contribution in [0.25, 0.3) is 0 Å². The van der Waals surface area contributed by atoms with E-state index >= 15 is 0 Å². The number of halogens is 1. The molecule has 2 heterocycles. The van der Waals surface area contributed by atoms with Gasteiger partial charge in [-0.2, -0.15) is 0 Å². The Morgan fingerprint density at radius 3 is 2.60 bits per heavy atom. The number of nitrogens with two attached hydrogens (primary N) is 1. The first-order valence-corrected chi connectivity index (χ1v) is 8.14.